The van der Waals surface area contributed by atoms with Crippen LogP contribution in [-0.4, -0.2) is 27.5 Å². The number of nitrogens with zero attached hydrogens (tertiary/aromatic N) is 2. The van der Waals surface area contributed by atoms with Crippen LogP contribution in [0.4, 0.5) is 5.69 Å². The first kappa shape index (κ1) is 14.5. The Labute approximate surface area is 135 Å². The van der Waals surface area contributed by atoms with Gasteiger partial charge in [-0.15, -0.1) is 0 Å². The number of nitrogens with one attached hydrogen (secondary N) is 2. The van der Waals surface area contributed by atoms with Gasteiger partial charge in [0.2, 0.25) is 5.88 Å². The Kier molecular flexibility index (Phi) is 4.06. The molecular formula is C15H13BrN4O2. The summed E-state index contributed by atoms with van der Waals surface area (Å²) in [6.45, 7) is 2.41. The Morgan fingerprint density at radius 3 is 2.95 bits per heavy atom. The molecule has 3 aromatic rings. The minimum atomic E-state index is -0.253. The van der Waals surface area contributed by atoms with Gasteiger partial charge in [0, 0.05) is 12.3 Å². The fourth-order valence-electron chi connectivity index (χ4n) is 2.03. The molecule has 22 heavy (non-hydrogen) atoms. The quantitative estimate of drug-likeness (QED) is 0.699. The number of hydrogen-bond acceptors (Lipinski definition) is 4. The van der Waals surface area contributed by atoms with Crippen LogP contribution in [0.2, 0.25) is 0 Å². The molecule has 0 fully saturated rings. The first-order chi connectivity index (χ1) is 10.7. The topological polar surface area (TPSA) is 79.9 Å². The number of carbonyl (C=O) groups excluding carboxylic acids is 1. The van der Waals surface area contributed by atoms with Crippen molar-refractivity contribution >= 4 is 38.6 Å². The van der Waals surface area contributed by atoms with Crippen LogP contribution in [0.1, 0.15) is 17.3 Å². The van der Waals surface area contributed by atoms with Crippen LogP contribution in [0.3, 0.4) is 0 Å². The number of halogens is 1. The number of rotatable bonds is 4. The fourth-order valence-corrected chi connectivity index (χ4v) is 2.27. The van der Waals surface area contributed by atoms with Crippen molar-refractivity contribution in [2.24, 2.45) is 0 Å². The highest BCUT2D eigenvalue weighted by Crippen LogP contribution is 2.21. The van der Waals surface area contributed by atoms with Crippen molar-refractivity contribution in [3.8, 4) is 5.88 Å². The van der Waals surface area contributed by atoms with Crippen LogP contribution >= 0.6 is 15.9 Å². The van der Waals surface area contributed by atoms with E-state index in [4.69, 9.17) is 4.74 Å². The van der Waals surface area contributed by atoms with E-state index in [2.05, 4.69) is 36.2 Å². The molecule has 7 heteroatoms. The number of anilines is 1. The van der Waals surface area contributed by atoms with Crippen LogP contribution in [-0.2, 0) is 0 Å². The van der Waals surface area contributed by atoms with Gasteiger partial charge in [0.1, 0.15) is 10.1 Å². The van der Waals surface area contributed by atoms with Gasteiger partial charge in [-0.1, -0.05) is 0 Å². The minimum Gasteiger partial charge on any atom is -0.478 e. The number of ether oxygens (including phenoxy) is 1. The number of fused-ring (bicyclic) bond motifs is 1. The van der Waals surface area contributed by atoms with Gasteiger partial charge in [0.15, 0.2) is 0 Å². The second-order valence-corrected chi connectivity index (χ2v) is 5.32. The van der Waals surface area contributed by atoms with Crippen LogP contribution in [0, 0.1) is 0 Å². The van der Waals surface area contributed by atoms with E-state index in [1.54, 1.807) is 30.6 Å². The standard InChI is InChI=1S/C15H13BrN4O2/c1-2-22-13-6-4-11-14(20-13)10(8-17-11)15(21)19-9-3-5-12(16)18-7-9/h3-8,17H,2H2,1H3,(H,19,21). The second kappa shape index (κ2) is 6.15. The smallest absolute Gasteiger partial charge is 0.259 e. The number of aromatic nitrogens is 3. The van der Waals surface area contributed by atoms with E-state index < -0.39 is 0 Å². The summed E-state index contributed by atoms with van der Waals surface area (Å²) in [6.07, 6.45) is 3.21. The maximum Gasteiger partial charge on any atom is 0.259 e. The predicted molar refractivity (Wildman–Crippen MR) is 87.2 cm³/mol. The highest BCUT2D eigenvalue weighted by atomic mass is 79.9. The zero-order chi connectivity index (χ0) is 15.5. The van der Waals surface area contributed by atoms with E-state index in [0.29, 0.717) is 33.9 Å². The first-order valence-corrected chi connectivity index (χ1v) is 7.50. The Balaban J connectivity index is 1.89. The van der Waals surface area contributed by atoms with E-state index in [9.17, 15) is 4.79 Å². The largest absolute Gasteiger partial charge is 0.478 e. The predicted octanol–water partition coefficient (Wildman–Crippen LogP) is 3.37. The summed E-state index contributed by atoms with van der Waals surface area (Å²) in [7, 11) is 0. The molecule has 0 unspecified atom stereocenters. The van der Waals surface area contributed by atoms with Crippen LogP contribution in [0.5, 0.6) is 5.88 Å². The normalized spacial score (nSPS) is 10.6. The van der Waals surface area contributed by atoms with Gasteiger partial charge < -0.3 is 15.0 Å². The summed E-state index contributed by atoms with van der Waals surface area (Å²) in [5.41, 5.74) is 2.43. The van der Waals surface area contributed by atoms with Gasteiger partial charge in [-0.05, 0) is 41.1 Å². The SMILES string of the molecule is CCOc1ccc2[nH]cc(C(=O)Nc3ccc(Br)nc3)c2n1. The molecule has 0 spiro atoms. The van der Waals surface area contributed by atoms with Crippen LogP contribution in [0.25, 0.3) is 11.0 Å². The molecule has 112 valence electrons. The Bertz CT molecular complexity index is 814. The average molecular weight is 361 g/mol. The molecule has 0 atom stereocenters. The van der Waals surface area contributed by atoms with Crippen molar-refractivity contribution in [2.45, 2.75) is 6.92 Å². The van der Waals surface area contributed by atoms with Crippen molar-refractivity contribution in [3.05, 3.63) is 46.8 Å². The highest BCUT2D eigenvalue weighted by Gasteiger charge is 2.14. The number of H-pyrrole nitrogens is 1. The lowest BCUT2D eigenvalue weighted by Gasteiger charge is -2.05. The van der Waals surface area contributed by atoms with Crippen LogP contribution in [0.15, 0.2) is 41.3 Å². The minimum absolute atomic E-state index is 0.253. The molecule has 3 heterocycles. The molecule has 3 aromatic heterocycles. The van der Waals surface area contributed by atoms with Crippen molar-refractivity contribution in [1.29, 1.82) is 0 Å². The van der Waals surface area contributed by atoms with Crippen molar-refractivity contribution in [1.82, 2.24) is 15.0 Å². The zero-order valence-corrected chi connectivity index (χ0v) is 13.3. The molecule has 0 saturated heterocycles. The highest BCUT2D eigenvalue weighted by molar-refractivity contribution is 9.10. The molecule has 1 amide bonds. The van der Waals surface area contributed by atoms with Crippen LogP contribution < -0.4 is 10.1 Å². The summed E-state index contributed by atoms with van der Waals surface area (Å²) >= 11 is 3.25. The van der Waals surface area contributed by atoms with Crippen molar-refractivity contribution in [2.75, 3.05) is 11.9 Å². The molecule has 0 aliphatic rings. The molecule has 0 radical (unpaired) electrons. The maximum atomic E-state index is 12.4. The van der Waals surface area contributed by atoms with E-state index in [0.717, 1.165) is 5.52 Å². The summed E-state index contributed by atoms with van der Waals surface area (Å²) in [5.74, 6) is 0.241. The number of aromatic amines is 1. The number of amides is 1. The van der Waals surface area contributed by atoms with E-state index in [-0.39, 0.29) is 5.91 Å². The van der Waals surface area contributed by atoms with Gasteiger partial charge in [-0.3, -0.25) is 4.79 Å². The number of pyridine rings is 2. The lowest BCUT2D eigenvalue weighted by atomic mass is 10.2. The zero-order valence-electron chi connectivity index (χ0n) is 11.8. The van der Waals surface area contributed by atoms with Gasteiger partial charge >= 0.3 is 0 Å². The summed E-state index contributed by atoms with van der Waals surface area (Å²) in [4.78, 5) is 23.9. The second-order valence-electron chi connectivity index (χ2n) is 4.50. The maximum absolute atomic E-state index is 12.4. The summed E-state index contributed by atoms with van der Waals surface area (Å²) in [5, 5.41) is 2.79. The molecular weight excluding hydrogens is 348 g/mol. The Morgan fingerprint density at radius 2 is 2.23 bits per heavy atom. The van der Waals surface area contributed by atoms with Gasteiger partial charge in [0.05, 0.1) is 29.6 Å². The third-order valence-electron chi connectivity index (χ3n) is 3.02. The fraction of sp³-hybridized carbons (Fsp3) is 0.133. The number of hydrogen-bond donors (Lipinski definition) is 2. The molecule has 0 aromatic carbocycles. The molecule has 3 rings (SSSR count). The third kappa shape index (κ3) is 2.94. The number of carbonyl (C=O) groups is 1. The summed E-state index contributed by atoms with van der Waals surface area (Å²) in [6, 6.07) is 7.13. The van der Waals surface area contributed by atoms with E-state index in [1.165, 1.54) is 0 Å². The Morgan fingerprint density at radius 1 is 1.36 bits per heavy atom. The molecule has 6 nitrogen and oxygen atoms in total. The molecule has 0 aliphatic carbocycles. The molecule has 2 N–H and O–H groups in total. The van der Waals surface area contributed by atoms with Crippen molar-refractivity contribution < 1.29 is 9.53 Å². The molecule has 0 saturated carbocycles. The van der Waals surface area contributed by atoms with Gasteiger partial charge in [-0.2, -0.15) is 0 Å². The van der Waals surface area contributed by atoms with E-state index >= 15 is 0 Å². The molecule has 0 aliphatic heterocycles. The van der Waals surface area contributed by atoms with Crippen molar-refractivity contribution in [3.63, 3.8) is 0 Å². The third-order valence-corrected chi connectivity index (χ3v) is 3.49. The average Bonchev–Trinajstić information content (AvgIpc) is 2.93. The lowest BCUT2D eigenvalue weighted by molar-refractivity contribution is 0.102. The monoisotopic (exact) mass is 360 g/mol. The van der Waals surface area contributed by atoms with Gasteiger partial charge in [0.25, 0.3) is 5.91 Å². The molecule has 0 bridgehead atoms. The Hall–Kier alpha value is -2.41. The lowest BCUT2D eigenvalue weighted by Crippen LogP contribution is -2.11. The first-order valence-electron chi connectivity index (χ1n) is 6.71. The summed E-state index contributed by atoms with van der Waals surface area (Å²) < 4.78 is 6.09. The van der Waals surface area contributed by atoms with Gasteiger partial charge in [-0.25, -0.2) is 9.97 Å². The van der Waals surface area contributed by atoms with E-state index in [1.807, 2.05) is 13.0 Å².